The molecule has 0 aliphatic carbocycles. The van der Waals surface area contributed by atoms with Crippen LogP contribution in [0.2, 0.25) is 5.15 Å². The first-order valence-electron chi connectivity index (χ1n) is 4.75. The maximum Gasteiger partial charge on any atom is 0.159 e. The summed E-state index contributed by atoms with van der Waals surface area (Å²) in [6, 6.07) is 7.36. The van der Waals surface area contributed by atoms with E-state index in [-0.39, 0.29) is 0 Å². The molecule has 0 fully saturated rings. The highest BCUT2D eigenvalue weighted by Crippen LogP contribution is 2.19. The number of nitrogens with zero attached hydrogens (tertiary/aromatic N) is 3. The Hall–Kier alpha value is -1.94. The highest BCUT2D eigenvalue weighted by molar-refractivity contribution is 6.29. The van der Waals surface area contributed by atoms with E-state index in [1.165, 1.54) is 0 Å². The molecule has 3 aromatic heterocycles. The van der Waals surface area contributed by atoms with Gasteiger partial charge in [-0.05, 0) is 24.3 Å². The minimum atomic E-state index is 0.453. The number of fused-ring (bicyclic) bond motifs is 1. The van der Waals surface area contributed by atoms with Crippen molar-refractivity contribution in [2.75, 3.05) is 0 Å². The smallest absolute Gasteiger partial charge is 0.159 e. The van der Waals surface area contributed by atoms with Gasteiger partial charge in [0.15, 0.2) is 5.65 Å². The van der Waals surface area contributed by atoms with Crippen molar-refractivity contribution in [2.24, 2.45) is 0 Å². The average Bonchev–Trinajstić information content (AvgIpc) is 2.73. The average molecular weight is 231 g/mol. The van der Waals surface area contributed by atoms with Crippen molar-refractivity contribution in [1.82, 2.24) is 19.9 Å². The molecule has 0 radical (unpaired) electrons. The topological polar surface area (TPSA) is 54.5 Å². The van der Waals surface area contributed by atoms with Gasteiger partial charge < -0.3 is 4.98 Å². The van der Waals surface area contributed by atoms with Crippen molar-refractivity contribution in [3.8, 4) is 11.4 Å². The molecule has 5 heteroatoms. The Kier molecular flexibility index (Phi) is 2.08. The van der Waals surface area contributed by atoms with Gasteiger partial charge in [-0.25, -0.2) is 9.97 Å². The van der Waals surface area contributed by atoms with Crippen molar-refractivity contribution >= 4 is 22.8 Å². The summed E-state index contributed by atoms with van der Waals surface area (Å²) in [4.78, 5) is 15.7. The van der Waals surface area contributed by atoms with Crippen LogP contribution in [0.15, 0.2) is 36.7 Å². The Bertz CT molecular complexity index is 633. The number of aromatic amines is 1. The Morgan fingerprint density at radius 3 is 2.88 bits per heavy atom. The molecule has 3 rings (SSSR count). The third kappa shape index (κ3) is 1.53. The number of nitrogens with one attached hydrogen (secondary N) is 1. The second kappa shape index (κ2) is 3.57. The minimum Gasteiger partial charge on any atom is -0.323 e. The van der Waals surface area contributed by atoms with Crippen LogP contribution < -0.4 is 0 Å². The first-order chi connectivity index (χ1) is 7.83. The second-order valence-electron chi connectivity index (χ2n) is 3.33. The zero-order chi connectivity index (χ0) is 11.0. The Balaban J connectivity index is 2.19. The van der Waals surface area contributed by atoms with E-state index in [1.807, 2.05) is 18.2 Å². The quantitative estimate of drug-likeness (QED) is 0.654. The van der Waals surface area contributed by atoms with Crippen molar-refractivity contribution in [2.45, 2.75) is 0 Å². The molecule has 3 aromatic rings. The van der Waals surface area contributed by atoms with Crippen molar-refractivity contribution in [3.05, 3.63) is 41.8 Å². The minimum absolute atomic E-state index is 0.453. The number of H-pyrrole nitrogens is 1. The normalized spacial score (nSPS) is 10.8. The van der Waals surface area contributed by atoms with E-state index in [2.05, 4.69) is 19.9 Å². The molecule has 0 saturated heterocycles. The van der Waals surface area contributed by atoms with Crippen LogP contribution >= 0.6 is 11.6 Å². The molecule has 3 heterocycles. The summed E-state index contributed by atoms with van der Waals surface area (Å²) in [5.41, 5.74) is 2.41. The lowest BCUT2D eigenvalue weighted by Crippen LogP contribution is -1.80. The summed E-state index contributed by atoms with van der Waals surface area (Å²) < 4.78 is 0. The number of rotatable bonds is 1. The highest BCUT2D eigenvalue weighted by Gasteiger charge is 2.06. The van der Waals surface area contributed by atoms with Crippen molar-refractivity contribution in [1.29, 1.82) is 0 Å². The standard InChI is InChI=1S/C11H7ClN4/c12-9-4-3-8-11(15-9)16-10(14-8)7-2-1-5-13-6-7/h1-6H,(H,14,15,16). The van der Waals surface area contributed by atoms with Crippen molar-refractivity contribution < 1.29 is 0 Å². The zero-order valence-electron chi connectivity index (χ0n) is 8.18. The van der Waals surface area contributed by atoms with Crippen LogP contribution in [0.3, 0.4) is 0 Å². The predicted octanol–water partition coefficient (Wildman–Crippen LogP) is 2.67. The molecule has 0 aliphatic heterocycles. The molecule has 4 nitrogen and oxygen atoms in total. The van der Waals surface area contributed by atoms with Gasteiger partial charge in [0, 0.05) is 18.0 Å². The van der Waals surface area contributed by atoms with E-state index < -0.39 is 0 Å². The van der Waals surface area contributed by atoms with Gasteiger partial charge in [-0.2, -0.15) is 0 Å². The van der Waals surface area contributed by atoms with Crippen LogP contribution in [0, 0.1) is 0 Å². The Morgan fingerprint density at radius 2 is 2.06 bits per heavy atom. The fourth-order valence-corrected chi connectivity index (χ4v) is 1.66. The molecule has 78 valence electrons. The van der Waals surface area contributed by atoms with Crippen LogP contribution in [-0.4, -0.2) is 19.9 Å². The number of aromatic nitrogens is 4. The van der Waals surface area contributed by atoms with Gasteiger partial charge in [0.05, 0.1) is 0 Å². The summed E-state index contributed by atoms with van der Waals surface area (Å²) >= 11 is 5.80. The number of pyridine rings is 2. The summed E-state index contributed by atoms with van der Waals surface area (Å²) in [7, 11) is 0. The molecule has 0 bridgehead atoms. The lowest BCUT2D eigenvalue weighted by atomic mass is 10.3. The summed E-state index contributed by atoms with van der Waals surface area (Å²) in [5, 5.41) is 0.453. The molecule has 0 spiro atoms. The van der Waals surface area contributed by atoms with Crippen molar-refractivity contribution in [3.63, 3.8) is 0 Å². The molecule has 0 aliphatic rings. The van der Waals surface area contributed by atoms with E-state index in [0.29, 0.717) is 10.8 Å². The summed E-state index contributed by atoms with van der Waals surface area (Å²) in [6.45, 7) is 0. The molecule has 0 atom stereocenters. The van der Waals surface area contributed by atoms with Gasteiger partial charge >= 0.3 is 0 Å². The molecule has 1 N–H and O–H groups in total. The number of hydrogen-bond acceptors (Lipinski definition) is 3. The zero-order valence-corrected chi connectivity index (χ0v) is 8.94. The molecule has 16 heavy (non-hydrogen) atoms. The molecule has 0 unspecified atom stereocenters. The van der Waals surface area contributed by atoms with Crippen LogP contribution in [0.1, 0.15) is 0 Å². The fourth-order valence-electron chi connectivity index (χ4n) is 1.51. The third-order valence-electron chi connectivity index (χ3n) is 2.24. The van der Waals surface area contributed by atoms with E-state index in [1.54, 1.807) is 18.5 Å². The van der Waals surface area contributed by atoms with Gasteiger partial charge in [-0.1, -0.05) is 11.6 Å². The SMILES string of the molecule is Clc1ccc2nc(-c3cccnc3)[nH]c2n1. The lowest BCUT2D eigenvalue weighted by Gasteiger charge is -1.92. The van der Waals surface area contributed by atoms with E-state index >= 15 is 0 Å². The largest absolute Gasteiger partial charge is 0.323 e. The summed E-state index contributed by atoms with van der Waals surface area (Å²) in [5.74, 6) is 0.748. The van der Waals surface area contributed by atoms with Gasteiger partial charge in [0.25, 0.3) is 0 Å². The van der Waals surface area contributed by atoms with Crippen LogP contribution in [0.25, 0.3) is 22.6 Å². The Morgan fingerprint density at radius 1 is 1.12 bits per heavy atom. The number of imidazole rings is 1. The van der Waals surface area contributed by atoms with Crippen LogP contribution in [0.4, 0.5) is 0 Å². The van der Waals surface area contributed by atoms with Gasteiger partial charge in [-0.15, -0.1) is 0 Å². The maximum absolute atomic E-state index is 5.80. The maximum atomic E-state index is 5.80. The predicted molar refractivity (Wildman–Crippen MR) is 62.1 cm³/mol. The monoisotopic (exact) mass is 230 g/mol. The first kappa shape index (κ1) is 9.30. The Labute approximate surface area is 96.3 Å². The van der Waals surface area contributed by atoms with Gasteiger partial charge in [0.2, 0.25) is 0 Å². The van der Waals surface area contributed by atoms with Gasteiger partial charge in [0.1, 0.15) is 16.5 Å². The number of halogens is 1. The third-order valence-corrected chi connectivity index (χ3v) is 2.45. The first-order valence-corrected chi connectivity index (χ1v) is 5.13. The van der Waals surface area contributed by atoms with Crippen LogP contribution in [-0.2, 0) is 0 Å². The highest BCUT2D eigenvalue weighted by atomic mass is 35.5. The summed E-state index contributed by atoms with van der Waals surface area (Å²) in [6.07, 6.45) is 3.47. The molecule has 0 aromatic carbocycles. The fraction of sp³-hybridized carbons (Fsp3) is 0. The van der Waals surface area contributed by atoms with Gasteiger partial charge in [-0.3, -0.25) is 4.98 Å². The molecule has 0 amide bonds. The second-order valence-corrected chi connectivity index (χ2v) is 3.72. The lowest BCUT2D eigenvalue weighted by molar-refractivity contribution is 1.26. The van der Waals surface area contributed by atoms with Crippen LogP contribution in [0.5, 0.6) is 0 Å². The molecule has 0 saturated carbocycles. The molecular weight excluding hydrogens is 224 g/mol. The van der Waals surface area contributed by atoms with E-state index in [4.69, 9.17) is 11.6 Å². The van der Waals surface area contributed by atoms with E-state index in [0.717, 1.165) is 16.9 Å². The number of hydrogen-bond donors (Lipinski definition) is 1. The van der Waals surface area contributed by atoms with E-state index in [9.17, 15) is 0 Å². The molecular formula is C11H7ClN4.